The molecule has 24 heavy (non-hydrogen) atoms. The molecule has 0 aromatic rings. The highest BCUT2D eigenvalue weighted by molar-refractivity contribution is 5.91. The van der Waals surface area contributed by atoms with E-state index in [4.69, 9.17) is 39.4 Å². The van der Waals surface area contributed by atoms with Gasteiger partial charge in [0.2, 0.25) is 0 Å². The van der Waals surface area contributed by atoms with Crippen molar-refractivity contribution >= 4 is 5.97 Å². The van der Waals surface area contributed by atoms with E-state index in [1.807, 2.05) is 0 Å². The summed E-state index contributed by atoms with van der Waals surface area (Å²) in [5, 5.41) is 35.9. The number of aliphatic hydroxyl groups excluding tert-OH is 4. The number of allylic oxidation sites excluding steroid dienone is 2. The summed E-state index contributed by atoms with van der Waals surface area (Å²) >= 11 is 0. The first-order valence-electron chi connectivity index (χ1n) is 7.39. The van der Waals surface area contributed by atoms with E-state index in [0.29, 0.717) is 5.57 Å². The third-order valence-electron chi connectivity index (χ3n) is 2.69. The Morgan fingerprint density at radius 1 is 0.917 bits per heavy atom. The molecule has 0 radical (unpaired) electrons. The zero-order valence-corrected chi connectivity index (χ0v) is 13.8. The lowest BCUT2D eigenvalue weighted by molar-refractivity contribution is -0.360. The van der Waals surface area contributed by atoms with Crippen molar-refractivity contribution in [3.05, 3.63) is 23.8 Å². The van der Waals surface area contributed by atoms with Gasteiger partial charge in [-0.2, -0.15) is 0 Å². The molecule has 9 nitrogen and oxygen atoms in total. The van der Waals surface area contributed by atoms with Crippen LogP contribution in [0.15, 0.2) is 23.8 Å². The summed E-state index contributed by atoms with van der Waals surface area (Å²) < 4.78 is 21.1. The summed E-state index contributed by atoms with van der Waals surface area (Å²) in [4.78, 5) is 12.4. The first kappa shape index (κ1) is 22.7. The van der Waals surface area contributed by atoms with Crippen molar-refractivity contribution < 1.29 is 44.2 Å². The summed E-state index contributed by atoms with van der Waals surface area (Å²) in [7, 11) is 0. The van der Waals surface area contributed by atoms with Crippen LogP contribution < -0.4 is 0 Å². The molecule has 0 aliphatic carbocycles. The molecular weight excluding hydrogens is 324 g/mol. The lowest BCUT2D eigenvalue weighted by Gasteiger charge is -2.34. The van der Waals surface area contributed by atoms with Crippen LogP contribution in [-0.2, 0) is 23.7 Å². The molecule has 9 heteroatoms. The molecule has 4 N–H and O–H groups in total. The fourth-order valence-electron chi connectivity index (χ4n) is 1.72. The molecular formula is C15H26O9. The van der Waals surface area contributed by atoms with Crippen molar-refractivity contribution in [1.82, 2.24) is 0 Å². The lowest BCUT2D eigenvalue weighted by Crippen LogP contribution is -2.47. The Labute approximate surface area is 140 Å². The van der Waals surface area contributed by atoms with Crippen LogP contribution in [-0.4, -0.2) is 85.2 Å². The van der Waals surface area contributed by atoms with Crippen molar-refractivity contribution in [2.24, 2.45) is 0 Å². The number of carbonyl (C=O) groups excluding carboxylic acids is 1. The molecule has 0 bridgehead atoms. The SMILES string of the molecule is C=CC(C)=C(C(=O)OCCO)C(OCCO)(OCCO)OCCO. The maximum absolute atomic E-state index is 12.4. The average molecular weight is 350 g/mol. The average Bonchev–Trinajstić information content (AvgIpc) is 2.60. The number of hydrogen-bond acceptors (Lipinski definition) is 9. The highest BCUT2D eigenvalue weighted by Crippen LogP contribution is 2.30. The van der Waals surface area contributed by atoms with E-state index in [0.717, 1.165) is 0 Å². The van der Waals surface area contributed by atoms with E-state index in [2.05, 4.69) is 6.58 Å². The van der Waals surface area contributed by atoms with Crippen LogP contribution in [0.25, 0.3) is 0 Å². The van der Waals surface area contributed by atoms with Gasteiger partial charge >= 0.3 is 11.9 Å². The summed E-state index contributed by atoms with van der Waals surface area (Å²) in [6.45, 7) is 2.53. The minimum atomic E-state index is -2.11. The minimum Gasteiger partial charge on any atom is -0.460 e. The van der Waals surface area contributed by atoms with Gasteiger partial charge in [-0.3, -0.25) is 0 Å². The predicted molar refractivity (Wildman–Crippen MR) is 82.8 cm³/mol. The summed E-state index contributed by atoms with van der Waals surface area (Å²) in [6.07, 6.45) is 1.34. The Hall–Kier alpha value is -1.33. The predicted octanol–water partition coefficient (Wildman–Crippen LogP) is -1.30. The molecule has 0 fully saturated rings. The van der Waals surface area contributed by atoms with E-state index in [9.17, 15) is 4.79 Å². The van der Waals surface area contributed by atoms with Crippen LogP contribution in [0.5, 0.6) is 0 Å². The van der Waals surface area contributed by atoms with Gasteiger partial charge in [0.25, 0.3) is 0 Å². The second-order valence-corrected chi connectivity index (χ2v) is 4.39. The van der Waals surface area contributed by atoms with Gasteiger partial charge in [0.1, 0.15) is 12.2 Å². The van der Waals surface area contributed by atoms with Crippen LogP contribution in [0.4, 0.5) is 0 Å². The highest BCUT2D eigenvalue weighted by atomic mass is 16.9. The van der Waals surface area contributed by atoms with Gasteiger partial charge in [-0.15, -0.1) is 0 Å². The summed E-state index contributed by atoms with van der Waals surface area (Å²) in [5.74, 6) is -3.01. The Balaban J connectivity index is 5.89. The molecule has 0 saturated carbocycles. The second-order valence-electron chi connectivity index (χ2n) is 4.39. The molecule has 0 spiro atoms. The van der Waals surface area contributed by atoms with E-state index in [1.165, 1.54) is 13.0 Å². The van der Waals surface area contributed by atoms with E-state index in [-0.39, 0.29) is 38.6 Å². The van der Waals surface area contributed by atoms with Crippen molar-refractivity contribution in [3.8, 4) is 0 Å². The largest absolute Gasteiger partial charge is 0.460 e. The van der Waals surface area contributed by atoms with E-state index < -0.39 is 31.8 Å². The number of esters is 1. The molecule has 0 aliphatic heterocycles. The summed E-state index contributed by atoms with van der Waals surface area (Å²) in [6, 6.07) is 0. The van der Waals surface area contributed by atoms with Crippen molar-refractivity contribution in [2.75, 3.05) is 52.9 Å². The fourth-order valence-corrected chi connectivity index (χ4v) is 1.72. The van der Waals surface area contributed by atoms with Gasteiger partial charge in [-0.05, 0) is 12.5 Å². The monoisotopic (exact) mass is 350 g/mol. The fraction of sp³-hybridized carbons (Fsp3) is 0.667. The van der Waals surface area contributed by atoms with Crippen LogP contribution in [0, 0.1) is 0 Å². The normalized spacial score (nSPS) is 12.7. The van der Waals surface area contributed by atoms with Crippen LogP contribution in [0.3, 0.4) is 0 Å². The molecule has 0 aliphatic rings. The van der Waals surface area contributed by atoms with Gasteiger partial charge in [0.15, 0.2) is 0 Å². The first-order chi connectivity index (χ1) is 11.5. The zero-order chi connectivity index (χ0) is 18.4. The van der Waals surface area contributed by atoms with E-state index >= 15 is 0 Å². The maximum atomic E-state index is 12.4. The molecule has 0 aromatic heterocycles. The van der Waals surface area contributed by atoms with Crippen LogP contribution in [0.2, 0.25) is 0 Å². The Kier molecular flexibility index (Phi) is 12.3. The Morgan fingerprint density at radius 3 is 1.67 bits per heavy atom. The number of rotatable bonds is 14. The molecule has 0 unspecified atom stereocenters. The molecule has 0 amide bonds. The molecule has 140 valence electrons. The van der Waals surface area contributed by atoms with Crippen molar-refractivity contribution in [1.29, 1.82) is 0 Å². The Bertz CT molecular complexity index is 384. The highest BCUT2D eigenvalue weighted by Gasteiger charge is 2.44. The number of aliphatic hydroxyl groups is 4. The molecule has 0 aromatic carbocycles. The number of carbonyl (C=O) groups is 1. The lowest BCUT2D eigenvalue weighted by atomic mass is 10.1. The van der Waals surface area contributed by atoms with Gasteiger partial charge in [0, 0.05) is 0 Å². The van der Waals surface area contributed by atoms with Crippen LogP contribution >= 0.6 is 0 Å². The molecule has 0 atom stereocenters. The third kappa shape index (κ3) is 7.05. The van der Waals surface area contributed by atoms with Gasteiger partial charge in [0.05, 0.1) is 46.2 Å². The second kappa shape index (κ2) is 13.0. The van der Waals surface area contributed by atoms with E-state index in [1.54, 1.807) is 0 Å². The van der Waals surface area contributed by atoms with Crippen molar-refractivity contribution in [2.45, 2.75) is 12.9 Å². The maximum Gasteiger partial charge on any atom is 0.342 e. The van der Waals surface area contributed by atoms with Gasteiger partial charge < -0.3 is 39.4 Å². The standard InChI is InChI=1S/C15H26O9/c1-3-12(2)13(14(20)21-8-4-16)15(22-9-5-17,23-10-6-18)24-11-7-19/h3,16-19H,1,4-11H2,2H3. The minimum absolute atomic E-state index is 0.207. The van der Waals surface area contributed by atoms with Gasteiger partial charge in [-0.25, -0.2) is 4.79 Å². The number of hydrogen-bond donors (Lipinski definition) is 4. The topological polar surface area (TPSA) is 135 Å². The molecule has 0 rings (SSSR count). The quantitative estimate of drug-likeness (QED) is 0.130. The Morgan fingerprint density at radius 2 is 1.33 bits per heavy atom. The third-order valence-corrected chi connectivity index (χ3v) is 2.69. The smallest absolute Gasteiger partial charge is 0.342 e. The molecule has 0 saturated heterocycles. The zero-order valence-electron chi connectivity index (χ0n) is 13.8. The first-order valence-corrected chi connectivity index (χ1v) is 7.39. The summed E-state index contributed by atoms with van der Waals surface area (Å²) in [5.41, 5.74) is 0.0908. The van der Waals surface area contributed by atoms with Gasteiger partial charge in [-0.1, -0.05) is 12.7 Å². The number of ether oxygens (including phenoxy) is 4. The van der Waals surface area contributed by atoms with Crippen LogP contribution in [0.1, 0.15) is 6.92 Å². The molecule has 0 heterocycles. The van der Waals surface area contributed by atoms with Crippen molar-refractivity contribution in [3.63, 3.8) is 0 Å².